The summed E-state index contributed by atoms with van der Waals surface area (Å²) < 4.78 is 6.50. The highest BCUT2D eigenvalue weighted by atomic mass is 28.4. The average molecular weight is 381 g/mol. The molecule has 2 nitrogen and oxygen atoms in total. The zero-order valence-corrected chi connectivity index (χ0v) is 19.9. The van der Waals surface area contributed by atoms with Crippen LogP contribution in [-0.2, 0) is 4.43 Å². The molecule has 0 amide bonds. The van der Waals surface area contributed by atoms with E-state index in [1.165, 1.54) is 16.7 Å². The summed E-state index contributed by atoms with van der Waals surface area (Å²) >= 11 is 0. The molecule has 26 heavy (non-hydrogen) atoms. The van der Waals surface area contributed by atoms with Gasteiger partial charge in [0.05, 0.1) is 6.10 Å². The van der Waals surface area contributed by atoms with E-state index in [9.17, 15) is 5.11 Å². The summed E-state index contributed by atoms with van der Waals surface area (Å²) in [5.41, 5.74) is 4.23. The van der Waals surface area contributed by atoms with Gasteiger partial charge >= 0.3 is 0 Å². The summed E-state index contributed by atoms with van der Waals surface area (Å²) in [6.07, 6.45) is 12.0. The van der Waals surface area contributed by atoms with Crippen molar-refractivity contribution in [2.24, 2.45) is 0 Å². The van der Waals surface area contributed by atoms with Gasteiger partial charge in [-0.05, 0) is 77.9 Å². The highest BCUT2D eigenvalue weighted by Gasteiger charge is 2.38. The molecule has 1 N–H and O–H groups in total. The first kappa shape index (κ1) is 25.4. The predicted octanol–water partition coefficient (Wildman–Crippen LogP) is 7.18. The number of hydrogen-bond donors (Lipinski definition) is 1. The van der Waals surface area contributed by atoms with Gasteiger partial charge in [-0.25, -0.2) is 0 Å². The van der Waals surface area contributed by atoms with Crippen LogP contribution in [0.3, 0.4) is 0 Å². The van der Waals surface area contributed by atoms with E-state index in [0.717, 1.165) is 25.7 Å². The Balaban J connectivity index is 4.69. The van der Waals surface area contributed by atoms with E-state index in [0.29, 0.717) is 6.42 Å². The molecular weight excluding hydrogens is 336 g/mol. The molecule has 0 aromatic rings. The minimum Gasteiger partial charge on any atom is -0.410 e. The van der Waals surface area contributed by atoms with Crippen LogP contribution in [0.5, 0.6) is 0 Å². The first-order valence-electron chi connectivity index (χ1n) is 10.1. The summed E-state index contributed by atoms with van der Waals surface area (Å²) in [6, 6.07) is 0. The summed E-state index contributed by atoms with van der Waals surface area (Å²) in [5, 5.41) is 9.60. The lowest BCUT2D eigenvalue weighted by molar-refractivity contribution is 0.173. The molecule has 0 aliphatic heterocycles. The molecule has 3 heteroatoms. The monoisotopic (exact) mass is 380 g/mol. The van der Waals surface area contributed by atoms with E-state index in [4.69, 9.17) is 4.43 Å². The smallest absolute Gasteiger partial charge is 0.192 e. The van der Waals surface area contributed by atoms with Crippen molar-refractivity contribution in [2.45, 2.75) is 105 Å². The summed E-state index contributed by atoms with van der Waals surface area (Å²) in [4.78, 5) is 0. The molecule has 0 aromatic heterocycles. The minimum absolute atomic E-state index is 0.0311. The molecule has 152 valence electrons. The molecule has 0 aliphatic rings. The highest BCUT2D eigenvalue weighted by molar-refractivity contribution is 6.74. The van der Waals surface area contributed by atoms with E-state index < -0.39 is 8.32 Å². The Hall–Kier alpha value is -0.643. The maximum Gasteiger partial charge on any atom is 0.192 e. The van der Waals surface area contributed by atoms with Crippen LogP contribution in [0, 0.1) is 0 Å². The number of aliphatic hydroxyl groups is 1. The molecule has 0 fully saturated rings. The topological polar surface area (TPSA) is 29.5 Å². The Morgan fingerprint density at radius 2 is 1.50 bits per heavy atom. The first-order chi connectivity index (χ1) is 11.9. The molecule has 0 aliphatic carbocycles. The maximum atomic E-state index is 9.41. The number of rotatable bonds is 11. The third-order valence-corrected chi connectivity index (χ3v) is 9.76. The van der Waals surface area contributed by atoms with Crippen LogP contribution in [0.4, 0.5) is 0 Å². The molecule has 0 rings (SSSR count). The van der Waals surface area contributed by atoms with E-state index in [2.05, 4.69) is 79.8 Å². The van der Waals surface area contributed by atoms with Crippen LogP contribution in [0.15, 0.2) is 34.9 Å². The minimum atomic E-state index is -1.82. The Labute approximate surface area is 164 Å². The molecular formula is C23H44O2Si. The Morgan fingerprint density at radius 1 is 0.962 bits per heavy atom. The molecule has 0 saturated carbocycles. The van der Waals surface area contributed by atoms with Gasteiger partial charge in [0.15, 0.2) is 8.32 Å². The Morgan fingerprint density at radius 3 is 2.00 bits per heavy atom. The fourth-order valence-corrected chi connectivity index (χ4v) is 3.79. The molecule has 0 bridgehead atoms. The van der Waals surface area contributed by atoms with Crippen molar-refractivity contribution >= 4 is 8.32 Å². The number of aliphatic hydroxyl groups excluding tert-OH is 1. The quantitative estimate of drug-likeness (QED) is 0.304. The van der Waals surface area contributed by atoms with Crippen LogP contribution >= 0.6 is 0 Å². The molecule has 1 unspecified atom stereocenters. The molecule has 0 spiro atoms. The average Bonchev–Trinajstić information content (AvgIpc) is 2.45. The van der Waals surface area contributed by atoms with Gasteiger partial charge < -0.3 is 9.53 Å². The summed E-state index contributed by atoms with van der Waals surface area (Å²) in [7, 11) is -1.82. The normalized spacial score (nSPS) is 15.2. The Bertz CT molecular complexity index is 489. The number of allylic oxidation sites excluding steroid dienone is 5. The van der Waals surface area contributed by atoms with Crippen LogP contribution in [0.25, 0.3) is 0 Å². The van der Waals surface area contributed by atoms with E-state index >= 15 is 0 Å². The maximum absolute atomic E-state index is 9.41. The van der Waals surface area contributed by atoms with Crippen molar-refractivity contribution in [3.05, 3.63) is 34.9 Å². The van der Waals surface area contributed by atoms with Crippen molar-refractivity contribution < 1.29 is 9.53 Å². The molecule has 0 aromatic carbocycles. The molecule has 1 atom stereocenters. The van der Waals surface area contributed by atoms with E-state index in [1.54, 1.807) is 0 Å². The van der Waals surface area contributed by atoms with Gasteiger partial charge in [0.1, 0.15) is 0 Å². The van der Waals surface area contributed by atoms with E-state index in [-0.39, 0.29) is 17.7 Å². The SMILES string of the molecule is CC(C)=CCC/C(C)=C/CC/C(C)=C/C(CCO)O[Si](C)(C)C(C)(C)C. The largest absolute Gasteiger partial charge is 0.410 e. The fraction of sp³-hybridized carbons (Fsp3) is 0.739. The zero-order chi connectivity index (χ0) is 20.4. The zero-order valence-electron chi connectivity index (χ0n) is 18.9. The molecule has 0 radical (unpaired) electrons. The predicted molar refractivity (Wildman–Crippen MR) is 119 cm³/mol. The second-order valence-corrected chi connectivity index (χ2v) is 14.1. The van der Waals surface area contributed by atoms with Gasteiger partial charge in [-0.1, -0.05) is 55.7 Å². The first-order valence-corrected chi connectivity index (χ1v) is 13.0. The molecule has 0 saturated heterocycles. The van der Waals surface area contributed by atoms with Crippen LogP contribution in [-0.4, -0.2) is 26.1 Å². The lowest BCUT2D eigenvalue weighted by Gasteiger charge is -2.38. The van der Waals surface area contributed by atoms with Crippen LogP contribution < -0.4 is 0 Å². The van der Waals surface area contributed by atoms with Crippen molar-refractivity contribution in [3.8, 4) is 0 Å². The van der Waals surface area contributed by atoms with E-state index in [1.807, 2.05) is 0 Å². The van der Waals surface area contributed by atoms with Crippen molar-refractivity contribution in [1.82, 2.24) is 0 Å². The number of hydrogen-bond acceptors (Lipinski definition) is 2. The van der Waals surface area contributed by atoms with Gasteiger partial charge in [0.25, 0.3) is 0 Å². The van der Waals surface area contributed by atoms with Crippen molar-refractivity contribution in [1.29, 1.82) is 0 Å². The molecule has 0 heterocycles. The lowest BCUT2D eigenvalue weighted by Crippen LogP contribution is -2.43. The van der Waals surface area contributed by atoms with Crippen molar-refractivity contribution in [2.75, 3.05) is 6.61 Å². The van der Waals surface area contributed by atoms with Crippen molar-refractivity contribution in [3.63, 3.8) is 0 Å². The Kier molecular flexibility index (Phi) is 11.6. The summed E-state index contributed by atoms with van der Waals surface area (Å²) in [6.45, 7) is 20.2. The van der Waals surface area contributed by atoms with Gasteiger partial charge in [-0.15, -0.1) is 0 Å². The third-order valence-electron chi connectivity index (χ3n) is 5.26. The van der Waals surface area contributed by atoms with Crippen LogP contribution in [0.2, 0.25) is 18.1 Å². The second-order valence-electron chi connectivity index (χ2n) is 9.35. The van der Waals surface area contributed by atoms with Gasteiger partial charge in [-0.2, -0.15) is 0 Å². The summed E-state index contributed by atoms with van der Waals surface area (Å²) in [5.74, 6) is 0. The fourth-order valence-electron chi connectivity index (χ4n) is 2.50. The van der Waals surface area contributed by atoms with Gasteiger partial charge in [0.2, 0.25) is 0 Å². The van der Waals surface area contributed by atoms with Gasteiger partial charge in [-0.3, -0.25) is 0 Å². The van der Waals surface area contributed by atoms with Gasteiger partial charge in [0, 0.05) is 6.61 Å². The third kappa shape index (κ3) is 11.2. The standard InChI is InChI=1S/C23H44O2Si/c1-19(2)12-10-13-20(3)14-11-15-21(4)18-22(16-17-24)25-26(8,9)23(5,6)7/h12,14,18,22,24H,10-11,13,15-17H2,1-9H3/b20-14+,21-18+. The highest BCUT2D eigenvalue weighted by Crippen LogP contribution is 2.37. The second kappa shape index (κ2) is 11.9. The lowest BCUT2D eigenvalue weighted by atomic mass is 10.1. The van der Waals surface area contributed by atoms with Crippen LogP contribution in [0.1, 0.15) is 80.6 Å².